The van der Waals surface area contributed by atoms with Crippen molar-refractivity contribution in [3.8, 4) is 5.75 Å². The molecule has 31 heavy (non-hydrogen) atoms. The first kappa shape index (κ1) is 21.2. The number of ether oxygens (including phenoxy) is 1. The number of benzene rings is 3. The molecule has 0 radical (unpaired) electrons. The molecule has 7 heteroatoms. The minimum Gasteiger partial charge on any atom is -0.449 e. The molecule has 4 rings (SSSR count). The second-order valence-corrected chi connectivity index (χ2v) is 9.48. The van der Waals surface area contributed by atoms with Crippen LogP contribution in [0.25, 0.3) is 0 Å². The SMILES string of the molecule is Cc1ccc(S(=O)(=O)N(CCc2ccccc2)CC2(F)Oc3ccccc3C2=O)cc1. The number of hydrogen-bond donors (Lipinski definition) is 0. The minimum atomic E-state index is -4.06. The van der Waals surface area contributed by atoms with Gasteiger partial charge in [-0.15, -0.1) is 0 Å². The molecule has 0 fully saturated rings. The van der Waals surface area contributed by atoms with Gasteiger partial charge in [-0.1, -0.05) is 60.2 Å². The Bertz CT molecular complexity index is 1200. The van der Waals surface area contributed by atoms with Crippen LogP contribution in [0.4, 0.5) is 4.39 Å². The summed E-state index contributed by atoms with van der Waals surface area (Å²) in [5.74, 6) is -3.53. The fourth-order valence-electron chi connectivity index (χ4n) is 3.54. The number of Topliss-reactive ketones (excluding diaryl/α,β-unsaturated/α-hetero) is 1. The Morgan fingerprint density at radius 3 is 2.26 bits per heavy atom. The van der Waals surface area contributed by atoms with Crippen LogP contribution in [-0.2, 0) is 16.4 Å². The average molecular weight is 440 g/mol. The highest BCUT2D eigenvalue weighted by Gasteiger charge is 2.51. The van der Waals surface area contributed by atoms with Crippen molar-refractivity contribution in [1.29, 1.82) is 0 Å². The number of halogens is 1. The van der Waals surface area contributed by atoms with Crippen LogP contribution >= 0.6 is 0 Å². The lowest BCUT2D eigenvalue weighted by molar-refractivity contribution is -0.0326. The maximum atomic E-state index is 15.7. The molecule has 1 atom stereocenters. The smallest absolute Gasteiger partial charge is 0.325 e. The number of aryl methyl sites for hydroxylation is 1. The molecule has 1 aliphatic rings. The van der Waals surface area contributed by atoms with Gasteiger partial charge in [0.25, 0.3) is 0 Å². The zero-order valence-corrected chi connectivity index (χ0v) is 17.8. The van der Waals surface area contributed by atoms with Crippen molar-refractivity contribution in [1.82, 2.24) is 4.31 Å². The van der Waals surface area contributed by atoms with Crippen molar-refractivity contribution < 1.29 is 22.3 Å². The Labute approximate surface area is 181 Å². The average Bonchev–Trinajstić information content (AvgIpc) is 3.02. The second-order valence-electron chi connectivity index (χ2n) is 7.54. The van der Waals surface area contributed by atoms with Gasteiger partial charge in [-0.25, -0.2) is 8.42 Å². The van der Waals surface area contributed by atoms with Gasteiger partial charge >= 0.3 is 5.85 Å². The molecule has 0 amide bonds. The van der Waals surface area contributed by atoms with Gasteiger partial charge in [0, 0.05) is 6.54 Å². The van der Waals surface area contributed by atoms with Gasteiger partial charge in [-0.2, -0.15) is 8.70 Å². The van der Waals surface area contributed by atoms with Crippen LogP contribution in [0.5, 0.6) is 5.75 Å². The van der Waals surface area contributed by atoms with Crippen LogP contribution in [0.15, 0.2) is 83.8 Å². The zero-order chi connectivity index (χ0) is 22.1. The molecule has 1 aliphatic heterocycles. The summed E-state index contributed by atoms with van der Waals surface area (Å²) in [5.41, 5.74) is 1.92. The molecule has 160 valence electrons. The molecule has 0 aromatic heterocycles. The third-order valence-electron chi connectivity index (χ3n) is 5.27. The van der Waals surface area contributed by atoms with Crippen LogP contribution in [0.3, 0.4) is 0 Å². The predicted octanol–water partition coefficient (Wildman–Crippen LogP) is 4.17. The summed E-state index contributed by atoms with van der Waals surface area (Å²) in [6.45, 7) is 1.12. The van der Waals surface area contributed by atoms with Crippen molar-refractivity contribution in [2.45, 2.75) is 24.1 Å². The Balaban J connectivity index is 1.65. The summed E-state index contributed by atoms with van der Waals surface area (Å²) >= 11 is 0. The summed E-state index contributed by atoms with van der Waals surface area (Å²) in [6, 6.07) is 21.9. The number of sulfonamides is 1. The van der Waals surface area contributed by atoms with E-state index in [4.69, 9.17) is 4.74 Å². The van der Waals surface area contributed by atoms with Crippen molar-refractivity contribution in [3.63, 3.8) is 0 Å². The molecule has 3 aromatic carbocycles. The Hall–Kier alpha value is -3.03. The minimum absolute atomic E-state index is 0.00111. The van der Waals surface area contributed by atoms with Crippen LogP contribution in [0.2, 0.25) is 0 Å². The summed E-state index contributed by atoms with van der Waals surface area (Å²) < 4.78 is 48.8. The van der Waals surface area contributed by atoms with Gasteiger partial charge in [0.15, 0.2) is 0 Å². The molecule has 0 N–H and O–H groups in total. The van der Waals surface area contributed by atoms with E-state index in [0.717, 1.165) is 15.4 Å². The van der Waals surface area contributed by atoms with E-state index in [1.165, 1.54) is 24.3 Å². The maximum Gasteiger partial charge on any atom is 0.325 e. The molecule has 0 saturated carbocycles. The van der Waals surface area contributed by atoms with E-state index >= 15 is 4.39 Å². The van der Waals surface area contributed by atoms with Crippen LogP contribution in [0, 0.1) is 6.92 Å². The van der Waals surface area contributed by atoms with Crippen molar-refractivity contribution in [2.75, 3.05) is 13.1 Å². The quantitative estimate of drug-likeness (QED) is 0.554. The number of fused-ring (bicyclic) bond motifs is 1. The topological polar surface area (TPSA) is 63.7 Å². The maximum absolute atomic E-state index is 15.7. The molecule has 5 nitrogen and oxygen atoms in total. The van der Waals surface area contributed by atoms with Crippen molar-refractivity contribution in [2.24, 2.45) is 0 Å². The monoisotopic (exact) mass is 439 g/mol. The lowest BCUT2D eigenvalue weighted by atomic mass is 10.1. The van der Waals surface area contributed by atoms with Crippen molar-refractivity contribution in [3.05, 3.63) is 95.6 Å². The van der Waals surface area contributed by atoms with Crippen molar-refractivity contribution >= 4 is 15.8 Å². The summed E-state index contributed by atoms with van der Waals surface area (Å²) in [5, 5.41) is 0. The number of alkyl halides is 1. The van der Waals surface area contributed by atoms with Gasteiger partial charge in [-0.05, 0) is 43.2 Å². The molecule has 0 spiro atoms. The van der Waals surface area contributed by atoms with E-state index in [9.17, 15) is 13.2 Å². The van der Waals surface area contributed by atoms with Crippen LogP contribution in [0.1, 0.15) is 21.5 Å². The molecular weight excluding hydrogens is 417 g/mol. The predicted molar refractivity (Wildman–Crippen MR) is 115 cm³/mol. The van der Waals surface area contributed by atoms with Gasteiger partial charge in [0.1, 0.15) is 5.75 Å². The van der Waals surface area contributed by atoms with Gasteiger partial charge < -0.3 is 4.74 Å². The number of hydrogen-bond acceptors (Lipinski definition) is 4. The first-order chi connectivity index (χ1) is 14.8. The number of carbonyl (C=O) groups is 1. The lowest BCUT2D eigenvalue weighted by Crippen LogP contribution is -2.49. The second kappa shape index (κ2) is 8.24. The normalized spacial score (nSPS) is 18.1. The summed E-state index contributed by atoms with van der Waals surface area (Å²) in [6.07, 6.45) is 0.364. The number of ketones is 1. The summed E-state index contributed by atoms with van der Waals surface area (Å²) in [7, 11) is -4.06. The Morgan fingerprint density at radius 1 is 0.935 bits per heavy atom. The van der Waals surface area contributed by atoms with Gasteiger partial charge in [0.2, 0.25) is 15.8 Å². The fourth-order valence-corrected chi connectivity index (χ4v) is 4.98. The number of carbonyl (C=O) groups excluding carboxylic acids is 1. The number of para-hydroxylation sites is 1. The van der Waals surface area contributed by atoms with Crippen LogP contribution < -0.4 is 4.74 Å². The molecule has 0 aliphatic carbocycles. The number of rotatable bonds is 7. The van der Waals surface area contributed by atoms with E-state index < -0.39 is 28.2 Å². The fraction of sp³-hybridized carbons (Fsp3) is 0.208. The van der Waals surface area contributed by atoms with Gasteiger partial charge in [-0.3, -0.25) is 4.79 Å². The Kier molecular flexibility index (Phi) is 5.64. The first-order valence-corrected chi connectivity index (χ1v) is 11.4. The van der Waals surface area contributed by atoms with Crippen LogP contribution in [-0.4, -0.2) is 37.5 Å². The van der Waals surface area contributed by atoms with E-state index in [-0.39, 0.29) is 22.8 Å². The van der Waals surface area contributed by atoms with E-state index in [1.54, 1.807) is 24.3 Å². The third-order valence-corrected chi connectivity index (χ3v) is 7.13. The molecule has 1 heterocycles. The molecule has 0 bridgehead atoms. The lowest BCUT2D eigenvalue weighted by Gasteiger charge is -2.28. The molecular formula is C24H22FNO4S. The van der Waals surface area contributed by atoms with E-state index in [2.05, 4.69) is 0 Å². The highest BCUT2D eigenvalue weighted by Crippen LogP contribution is 2.37. The van der Waals surface area contributed by atoms with Gasteiger partial charge in [0.05, 0.1) is 17.0 Å². The first-order valence-electron chi connectivity index (χ1n) is 9.92. The summed E-state index contributed by atoms with van der Waals surface area (Å²) in [4.78, 5) is 12.8. The Morgan fingerprint density at radius 2 is 1.58 bits per heavy atom. The van der Waals surface area contributed by atoms with E-state index in [0.29, 0.717) is 6.42 Å². The zero-order valence-electron chi connectivity index (χ0n) is 17.0. The highest BCUT2D eigenvalue weighted by molar-refractivity contribution is 7.89. The van der Waals surface area contributed by atoms with E-state index in [1.807, 2.05) is 37.3 Å². The largest absolute Gasteiger partial charge is 0.449 e. The standard InChI is InChI=1S/C24H22FNO4S/c1-18-11-13-20(14-12-18)31(28,29)26(16-15-19-7-3-2-4-8-19)17-24(25)23(27)21-9-5-6-10-22(21)30-24/h2-14H,15-17H2,1H3. The molecule has 0 saturated heterocycles. The molecule has 1 unspecified atom stereocenters. The highest BCUT2D eigenvalue weighted by atomic mass is 32.2. The number of nitrogens with zero attached hydrogens (tertiary/aromatic N) is 1. The molecule has 3 aromatic rings. The third kappa shape index (κ3) is 4.24.